The van der Waals surface area contributed by atoms with Crippen molar-refractivity contribution in [2.75, 3.05) is 11.9 Å². The summed E-state index contributed by atoms with van der Waals surface area (Å²) in [6.45, 7) is 2.55. The van der Waals surface area contributed by atoms with Gasteiger partial charge in [0.2, 0.25) is 0 Å². The van der Waals surface area contributed by atoms with Crippen LogP contribution >= 0.6 is 24.0 Å². The number of thioether (sulfide) groups is 1. The fourth-order valence-electron chi connectivity index (χ4n) is 4.81. The topological polar surface area (TPSA) is 66.7 Å². The highest BCUT2D eigenvalue weighted by atomic mass is 32.2. The highest BCUT2D eigenvalue weighted by molar-refractivity contribution is 8.26. The average molecular weight is 505 g/mol. The van der Waals surface area contributed by atoms with Gasteiger partial charge in [-0.2, -0.15) is 0 Å². The van der Waals surface area contributed by atoms with Gasteiger partial charge in [-0.25, -0.2) is 4.98 Å². The Labute approximate surface area is 214 Å². The fraction of sp³-hybridized carbons (Fsp3) is 0.333. The minimum atomic E-state index is -0.205. The lowest BCUT2D eigenvalue weighted by molar-refractivity contribution is -0.124. The van der Waals surface area contributed by atoms with E-state index in [1.165, 1.54) is 23.7 Å². The van der Waals surface area contributed by atoms with E-state index in [4.69, 9.17) is 17.2 Å². The molecular formula is C27H28N4O2S2. The predicted molar refractivity (Wildman–Crippen MR) is 147 cm³/mol. The smallest absolute Gasteiger partial charge is 0.267 e. The number of aromatic nitrogens is 2. The molecule has 1 saturated carbocycles. The van der Waals surface area contributed by atoms with Gasteiger partial charge in [0.15, 0.2) is 0 Å². The van der Waals surface area contributed by atoms with Crippen molar-refractivity contribution in [3.05, 3.63) is 80.6 Å². The summed E-state index contributed by atoms with van der Waals surface area (Å²) in [6, 6.07) is 14.1. The molecule has 0 spiro atoms. The summed E-state index contributed by atoms with van der Waals surface area (Å²) in [6.07, 6.45) is 9.58. The Morgan fingerprint density at radius 3 is 2.66 bits per heavy atom. The summed E-state index contributed by atoms with van der Waals surface area (Å²) in [5.41, 5.74) is 2.88. The van der Waals surface area contributed by atoms with Crippen LogP contribution in [0.25, 0.3) is 11.7 Å². The van der Waals surface area contributed by atoms with Crippen molar-refractivity contribution < 1.29 is 4.79 Å². The molecule has 1 amide bonds. The van der Waals surface area contributed by atoms with Crippen LogP contribution in [-0.4, -0.2) is 37.1 Å². The van der Waals surface area contributed by atoms with Crippen LogP contribution in [-0.2, 0) is 11.2 Å². The summed E-state index contributed by atoms with van der Waals surface area (Å²) >= 11 is 6.87. The summed E-state index contributed by atoms with van der Waals surface area (Å²) < 4.78 is 2.13. The van der Waals surface area contributed by atoms with E-state index in [9.17, 15) is 9.59 Å². The molecule has 3 aromatic rings. The van der Waals surface area contributed by atoms with Crippen molar-refractivity contribution in [3.63, 3.8) is 0 Å². The summed E-state index contributed by atoms with van der Waals surface area (Å²) in [7, 11) is 0. The SMILES string of the molecule is Cc1cccn2c(=O)c(/C=C3/SC(=S)N(C4CCCCC4)C3=O)c(NCCc3ccccc3)nc12. The van der Waals surface area contributed by atoms with Crippen LogP contribution in [0.3, 0.4) is 0 Å². The second-order valence-corrected chi connectivity index (χ2v) is 10.7. The third-order valence-corrected chi connectivity index (χ3v) is 8.00. The summed E-state index contributed by atoms with van der Waals surface area (Å²) in [4.78, 5) is 34.0. The molecule has 0 radical (unpaired) electrons. The van der Waals surface area contributed by atoms with Crippen LogP contribution in [0, 0.1) is 6.92 Å². The number of anilines is 1. The van der Waals surface area contributed by atoms with E-state index in [0.29, 0.717) is 32.8 Å². The van der Waals surface area contributed by atoms with E-state index >= 15 is 0 Å². The molecule has 2 aromatic heterocycles. The molecule has 2 fully saturated rings. The molecule has 8 heteroatoms. The molecule has 0 bridgehead atoms. The van der Waals surface area contributed by atoms with Crippen LogP contribution in [0.1, 0.15) is 48.8 Å². The number of carbonyl (C=O) groups is 1. The number of benzene rings is 1. The second kappa shape index (κ2) is 10.3. The minimum Gasteiger partial charge on any atom is -0.369 e. The third kappa shape index (κ3) is 4.90. The van der Waals surface area contributed by atoms with Crippen molar-refractivity contribution >= 4 is 51.7 Å². The molecule has 6 nitrogen and oxygen atoms in total. The van der Waals surface area contributed by atoms with Crippen molar-refractivity contribution in [1.29, 1.82) is 0 Å². The summed E-state index contributed by atoms with van der Waals surface area (Å²) in [5.74, 6) is 0.388. The monoisotopic (exact) mass is 504 g/mol. The second-order valence-electron chi connectivity index (χ2n) is 9.07. The average Bonchev–Trinajstić information content (AvgIpc) is 3.15. The lowest BCUT2D eigenvalue weighted by Crippen LogP contribution is -2.39. The maximum atomic E-state index is 13.6. The highest BCUT2D eigenvalue weighted by Gasteiger charge is 2.37. The van der Waals surface area contributed by atoms with Gasteiger partial charge in [0.05, 0.1) is 10.5 Å². The van der Waals surface area contributed by atoms with E-state index in [-0.39, 0.29) is 17.5 Å². The Hall–Kier alpha value is -2.97. The Kier molecular flexibility index (Phi) is 7.02. The Bertz CT molecular complexity index is 1360. The number of nitrogens with zero attached hydrogens (tertiary/aromatic N) is 3. The van der Waals surface area contributed by atoms with Crippen LogP contribution < -0.4 is 10.9 Å². The van der Waals surface area contributed by atoms with E-state index in [1.54, 1.807) is 21.6 Å². The number of hydrogen-bond acceptors (Lipinski definition) is 6. The number of rotatable bonds is 6. The molecule has 35 heavy (non-hydrogen) atoms. The molecule has 2 aliphatic rings. The first-order chi connectivity index (χ1) is 17.0. The zero-order valence-corrected chi connectivity index (χ0v) is 21.3. The van der Waals surface area contributed by atoms with Crippen molar-refractivity contribution in [2.24, 2.45) is 0 Å². The highest BCUT2D eigenvalue weighted by Crippen LogP contribution is 2.37. The molecule has 0 atom stereocenters. The number of amides is 1. The van der Waals surface area contributed by atoms with Gasteiger partial charge in [-0.15, -0.1) is 0 Å². The molecule has 5 rings (SSSR count). The van der Waals surface area contributed by atoms with E-state index in [2.05, 4.69) is 17.4 Å². The van der Waals surface area contributed by atoms with Crippen molar-refractivity contribution in [2.45, 2.75) is 51.5 Å². The Morgan fingerprint density at radius 2 is 1.89 bits per heavy atom. The third-order valence-electron chi connectivity index (χ3n) is 6.67. The normalized spacial score (nSPS) is 18.1. The maximum absolute atomic E-state index is 13.6. The number of hydrogen-bond donors (Lipinski definition) is 1. The van der Waals surface area contributed by atoms with Gasteiger partial charge in [0.1, 0.15) is 15.8 Å². The van der Waals surface area contributed by atoms with Crippen LogP contribution in [0.4, 0.5) is 5.82 Å². The van der Waals surface area contributed by atoms with Crippen LogP contribution in [0.2, 0.25) is 0 Å². The number of nitrogens with one attached hydrogen (secondary N) is 1. The van der Waals surface area contributed by atoms with Gasteiger partial charge >= 0.3 is 0 Å². The molecule has 180 valence electrons. The quantitative estimate of drug-likeness (QED) is 0.368. The molecule has 1 aliphatic carbocycles. The van der Waals surface area contributed by atoms with Crippen LogP contribution in [0.15, 0.2) is 58.4 Å². The first-order valence-electron chi connectivity index (χ1n) is 12.1. The van der Waals surface area contributed by atoms with E-state index in [1.807, 2.05) is 37.3 Å². The number of fused-ring (bicyclic) bond motifs is 1. The molecule has 0 unspecified atom stereocenters. The number of thiocarbonyl (C=S) groups is 1. The Morgan fingerprint density at radius 1 is 1.11 bits per heavy atom. The molecular weight excluding hydrogens is 476 g/mol. The number of aryl methyl sites for hydroxylation is 1. The number of carbonyl (C=O) groups excluding carboxylic acids is 1. The maximum Gasteiger partial charge on any atom is 0.267 e. The molecule has 1 aliphatic heterocycles. The summed E-state index contributed by atoms with van der Waals surface area (Å²) in [5, 5.41) is 3.36. The number of pyridine rings is 1. The van der Waals surface area contributed by atoms with Gasteiger partial charge < -0.3 is 5.32 Å². The van der Waals surface area contributed by atoms with Gasteiger partial charge in [-0.05, 0) is 49.5 Å². The van der Waals surface area contributed by atoms with Gasteiger partial charge in [-0.1, -0.05) is 79.6 Å². The molecule has 1 aromatic carbocycles. The predicted octanol–water partition coefficient (Wildman–Crippen LogP) is 5.19. The fourth-order valence-corrected chi connectivity index (χ4v) is 6.19. The van der Waals surface area contributed by atoms with Gasteiger partial charge in [0.25, 0.3) is 11.5 Å². The first-order valence-corrected chi connectivity index (χ1v) is 13.3. The molecule has 1 N–H and O–H groups in total. The van der Waals surface area contributed by atoms with Crippen molar-refractivity contribution in [3.8, 4) is 0 Å². The lowest BCUT2D eigenvalue weighted by atomic mass is 9.94. The lowest BCUT2D eigenvalue weighted by Gasteiger charge is -2.29. The molecule has 1 saturated heterocycles. The van der Waals surface area contributed by atoms with E-state index < -0.39 is 0 Å². The standard InChI is InChI=1S/C27H28N4O2S2/c1-18-9-8-16-30-24(18)29-23(28-15-14-19-10-4-2-5-11-19)21(25(30)32)17-22-26(33)31(27(34)35-22)20-12-6-3-7-13-20/h2,4-5,8-11,16-17,20,28H,3,6-7,12-15H2,1H3/b22-17+. The minimum absolute atomic E-state index is 0.101. The molecule has 3 heterocycles. The Balaban J connectivity index is 1.50. The zero-order valence-electron chi connectivity index (χ0n) is 19.7. The zero-order chi connectivity index (χ0) is 24.4. The van der Waals surface area contributed by atoms with Crippen LogP contribution in [0.5, 0.6) is 0 Å². The van der Waals surface area contributed by atoms with E-state index in [0.717, 1.165) is 37.7 Å². The van der Waals surface area contributed by atoms with Gasteiger partial charge in [0, 0.05) is 18.8 Å². The van der Waals surface area contributed by atoms with Crippen molar-refractivity contribution in [1.82, 2.24) is 14.3 Å². The first kappa shape index (κ1) is 23.8. The largest absolute Gasteiger partial charge is 0.369 e. The van der Waals surface area contributed by atoms with Gasteiger partial charge in [-0.3, -0.25) is 18.9 Å².